The van der Waals surface area contributed by atoms with Crippen LogP contribution in [0, 0.1) is 5.82 Å². The van der Waals surface area contributed by atoms with Crippen molar-refractivity contribution in [2.24, 2.45) is 4.99 Å². The predicted octanol–water partition coefficient (Wildman–Crippen LogP) is 2.96. The Hall–Kier alpha value is -3.28. The van der Waals surface area contributed by atoms with Crippen LogP contribution in [0.25, 0.3) is 6.08 Å². The average Bonchev–Trinajstić information content (AvgIpc) is 2.96. The highest BCUT2D eigenvalue weighted by Gasteiger charge is 2.24. The Bertz CT molecular complexity index is 869. The van der Waals surface area contributed by atoms with Gasteiger partial charge in [-0.1, -0.05) is 18.2 Å². The highest BCUT2D eigenvalue weighted by atomic mass is 19.1. The number of ether oxygens (including phenoxy) is 2. The maximum absolute atomic E-state index is 13.2. The molecule has 5 nitrogen and oxygen atoms in total. The molecule has 0 radical (unpaired) electrons. The molecule has 1 aliphatic rings. The SMILES string of the molecule is COC(=O)c1ccc(C=C2N=C(c3cccc(F)c3)OC2=O)cc1. The lowest BCUT2D eigenvalue weighted by atomic mass is 10.1. The summed E-state index contributed by atoms with van der Waals surface area (Å²) in [5.74, 6) is -1.45. The van der Waals surface area contributed by atoms with Gasteiger partial charge in [-0.3, -0.25) is 0 Å². The van der Waals surface area contributed by atoms with E-state index in [1.54, 1.807) is 30.3 Å². The van der Waals surface area contributed by atoms with Crippen molar-refractivity contribution < 1.29 is 23.5 Å². The normalized spacial score (nSPS) is 15.2. The van der Waals surface area contributed by atoms with Gasteiger partial charge in [-0.2, -0.15) is 0 Å². The van der Waals surface area contributed by atoms with Crippen molar-refractivity contribution in [3.8, 4) is 0 Å². The van der Waals surface area contributed by atoms with Crippen LogP contribution in [-0.2, 0) is 14.3 Å². The smallest absolute Gasteiger partial charge is 0.363 e. The van der Waals surface area contributed by atoms with Gasteiger partial charge in [0.1, 0.15) is 5.82 Å². The van der Waals surface area contributed by atoms with Crippen LogP contribution in [0.1, 0.15) is 21.5 Å². The first-order valence-corrected chi connectivity index (χ1v) is 7.04. The van der Waals surface area contributed by atoms with Crippen LogP contribution in [0.5, 0.6) is 0 Å². The molecular formula is C18H12FNO4. The third-order valence-corrected chi connectivity index (χ3v) is 3.33. The van der Waals surface area contributed by atoms with Gasteiger partial charge in [0.05, 0.1) is 12.7 Å². The predicted molar refractivity (Wildman–Crippen MR) is 84.8 cm³/mol. The minimum absolute atomic E-state index is 0.0527. The van der Waals surface area contributed by atoms with E-state index in [4.69, 9.17) is 4.74 Å². The minimum atomic E-state index is -0.619. The quantitative estimate of drug-likeness (QED) is 0.643. The number of benzene rings is 2. The zero-order chi connectivity index (χ0) is 17.1. The maximum Gasteiger partial charge on any atom is 0.363 e. The second kappa shape index (κ2) is 6.45. The van der Waals surface area contributed by atoms with Crippen molar-refractivity contribution in [3.63, 3.8) is 0 Å². The molecule has 0 fully saturated rings. The Kier molecular flexibility index (Phi) is 4.20. The Morgan fingerprint density at radius 1 is 1.21 bits per heavy atom. The van der Waals surface area contributed by atoms with E-state index >= 15 is 0 Å². The van der Waals surface area contributed by atoms with Gasteiger partial charge in [-0.25, -0.2) is 19.0 Å². The Morgan fingerprint density at radius 3 is 2.62 bits per heavy atom. The Morgan fingerprint density at radius 2 is 1.96 bits per heavy atom. The lowest BCUT2D eigenvalue weighted by molar-refractivity contribution is -0.129. The van der Waals surface area contributed by atoms with Crippen LogP contribution < -0.4 is 0 Å². The average molecular weight is 325 g/mol. The third kappa shape index (κ3) is 3.22. The molecule has 0 atom stereocenters. The number of nitrogens with zero attached hydrogens (tertiary/aromatic N) is 1. The van der Waals surface area contributed by atoms with E-state index in [0.717, 1.165) is 0 Å². The maximum atomic E-state index is 13.2. The number of rotatable bonds is 3. The number of methoxy groups -OCH3 is 1. The van der Waals surface area contributed by atoms with Gasteiger partial charge in [-0.15, -0.1) is 0 Å². The molecule has 0 saturated carbocycles. The molecule has 0 aromatic heterocycles. The molecule has 0 bridgehead atoms. The van der Waals surface area contributed by atoms with Crippen LogP contribution in [0.2, 0.25) is 0 Å². The number of hydrogen-bond acceptors (Lipinski definition) is 5. The molecule has 0 N–H and O–H groups in total. The van der Waals surface area contributed by atoms with Gasteiger partial charge in [0.15, 0.2) is 5.70 Å². The van der Waals surface area contributed by atoms with Gasteiger partial charge in [0, 0.05) is 5.56 Å². The van der Waals surface area contributed by atoms with Crippen molar-refractivity contribution in [2.75, 3.05) is 7.11 Å². The van der Waals surface area contributed by atoms with Crippen molar-refractivity contribution in [1.82, 2.24) is 0 Å². The number of carbonyl (C=O) groups excluding carboxylic acids is 2. The summed E-state index contributed by atoms with van der Waals surface area (Å²) in [6.45, 7) is 0. The van der Waals surface area contributed by atoms with E-state index in [0.29, 0.717) is 16.7 Å². The van der Waals surface area contributed by atoms with Crippen molar-refractivity contribution >= 4 is 23.9 Å². The summed E-state index contributed by atoms with van der Waals surface area (Å²) < 4.78 is 22.9. The second-order valence-corrected chi connectivity index (χ2v) is 4.96. The van der Waals surface area contributed by atoms with Gasteiger partial charge in [-0.05, 0) is 42.0 Å². The first-order chi connectivity index (χ1) is 11.6. The van der Waals surface area contributed by atoms with E-state index < -0.39 is 17.8 Å². The summed E-state index contributed by atoms with van der Waals surface area (Å²) in [7, 11) is 1.30. The van der Waals surface area contributed by atoms with E-state index in [1.807, 2.05) is 0 Å². The summed E-state index contributed by atoms with van der Waals surface area (Å²) in [5, 5.41) is 0. The Balaban J connectivity index is 1.87. The van der Waals surface area contributed by atoms with Gasteiger partial charge < -0.3 is 9.47 Å². The molecule has 24 heavy (non-hydrogen) atoms. The largest absolute Gasteiger partial charge is 0.465 e. The first-order valence-electron chi connectivity index (χ1n) is 7.04. The monoisotopic (exact) mass is 325 g/mol. The van der Waals surface area contributed by atoms with Crippen LogP contribution in [-0.4, -0.2) is 24.9 Å². The highest BCUT2D eigenvalue weighted by Crippen LogP contribution is 2.20. The fraction of sp³-hybridized carbons (Fsp3) is 0.0556. The zero-order valence-electron chi connectivity index (χ0n) is 12.7. The molecule has 2 aromatic carbocycles. The summed E-state index contributed by atoms with van der Waals surface area (Å²) in [6.07, 6.45) is 1.52. The fourth-order valence-electron chi connectivity index (χ4n) is 2.15. The summed E-state index contributed by atoms with van der Waals surface area (Å²) in [6, 6.07) is 12.1. The second-order valence-electron chi connectivity index (χ2n) is 4.96. The molecular weight excluding hydrogens is 313 g/mol. The third-order valence-electron chi connectivity index (χ3n) is 3.33. The van der Waals surface area contributed by atoms with Crippen LogP contribution in [0.3, 0.4) is 0 Å². The number of hydrogen-bond donors (Lipinski definition) is 0. The van der Waals surface area contributed by atoms with Crippen LogP contribution in [0.15, 0.2) is 59.2 Å². The van der Waals surface area contributed by atoms with Crippen LogP contribution >= 0.6 is 0 Å². The summed E-state index contributed by atoms with van der Waals surface area (Å²) >= 11 is 0. The van der Waals surface area contributed by atoms with E-state index in [-0.39, 0.29) is 11.6 Å². The molecule has 0 spiro atoms. The molecule has 3 rings (SSSR count). The van der Waals surface area contributed by atoms with Crippen molar-refractivity contribution in [2.45, 2.75) is 0 Å². The van der Waals surface area contributed by atoms with Crippen molar-refractivity contribution in [1.29, 1.82) is 0 Å². The molecule has 2 aromatic rings. The van der Waals surface area contributed by atoms with E-state index in [2.05, 4.69) is 9.73 Å². The molecule has 120 valence electrons. The van der Waals surface area contributed by atoms with E-state index in [1.165, 1.54) is 31.4 Å². The summed E-state index contributed by atoms with van der Waals surface area (Å²) in [5.41, 5.74) is 1.55. The van der Waals surface area contributed by atoms with Gasteiger partial charge >= 0.3 is 11.9 Å². The lowest BCUT2D eigenvalue weighted by Gasteiger charge is -1.99. The first kappa shape index (κ1) is 15.6. The standard InChI is InChI=1S/C18H12FNO4/c1-23-17(21)12-7-5-11(6-8-12)9-15-18(22)24-16(20-15)13-3-2-4-14(19)10-13/h2-10H,1H3. The molecule has 6 heteroatoms. The zero-order valence-corrected chi connectivity index (χ0v) is 12.7. The van der Waals surface area contributed by atoms with Crippen molar-refractivity contribution in [3.05, 3.63) is 76.7 Å². The molecule has 0 unspecified atom stereocenters. The van der Waals surface area contributed by atoms with Gasteiger partial charge in [0.2, 0.25) is 5.90 Å². The molecule has 0 amide bonds. The molecule has 1 aliphatic heterocycles. The number of aliphatic imine (C=N–C) groups is 1. The van der Waals surface area contributed by atoms with E-state index in [9.17, 15) is 14.0 Å². The molecule has 0 saturated heterocycles. The highest BCUT2D eigenvalue weighted by molar-refractivity contribution is 6.12. The Labute approximate surface area is 137 Å². The molecule has 0 aliphatic carbocycles. The number of halogens is 1. The number of cyclic esters (lactones) is 1. The number of esters is 2. The minimum Gasteiger partial charge on any atom is -0.465 e. The topological polar surface area (TPSA) is 65.0 Å². The summed E-state index contributed by atoms with van der Waals surface area (Å²) in [4.78, 5) is 27.4. The molecule has 1 heterocycles. The fourth-order valence-corrected chi connectivity index (χ4v) is 2.15. The van der Waals surface area contributed by atoms with Crippen LogP contribution in [0.4, 0.5) is 4.39 Å². The number of carbonyl (C=O) groups is 2. The van der Waals surface area contributed by atoms with Gasteiger partial charge in [0.25, 0.3) is 0 Å². The lowest BCUT2D eigenvalue weighted by Crippen LogP contribution is -2.05.